The van der Waals surface area contributed by atoms with Crippen LogP contribution in [0.3, 0.4) is 0 Å². The van der Waals surface area contributed by atoms with Gasteiger partial charge in [0.1, 0.15) is 5.75 Å². The SMILES string of the molecule is COc1cccc(-c2cc(CN)cc(C(F)(F)F)c2)c1. The van der Waals surface area contributed by atoms with Crippen LogP contribution in [0.15, 0.2) is 42.5 Å². The average molecular weight is 281 g/mol. The van der Waals surface area contributed by atoms with Crippen molar-refractivity contribution >= 4 is 0 Å². The number of methoxy groups -OCH3 is 1. The second kappa shape index (κ2) is 5.54. The lowest BCUT2D eigenvalue weighted by atomic mass is 9.99. The molecule has 106 valence electrons. The standard InChI is InChI=1S/C15H14F3NO/c1-20-14-4-2-3-11(8-14)12-5-10(9-19)6-13(7-12)15(16,17)18/h2-8H,9,19H2,1H3. The molecule has 0 atom stereocenters. The zero-order chi connectivity index (χ0) is 14.8. The van der Waals surface area contributed by atoms with Crippen molar-refractivity contribution < 1.29 is 17.9 Å². The van der Waals surface area contributed by atoms with Gasteiger partial charge < -0.3 is 10.5 Å². The van der Waals surface area contributed by atoms with Crippen molar-refractivity contribution in [3.05, 3.63) is 53.6 Å². The van der Waals surface area contributed by atoms with Crippen LogP contribution in [0.25, 0.3) is 11.1 Å². The van der Waals surface area contributed by atoms with Gasteiger partial charge in [-0.1, -0.05) is 12.1 Å². The summed E-state index contributed by atoms with van der Waals surface area (Å²) in [6, 6.07) is 10.7. The summed E-state index contributed by atoms with van der Waals surface area (Å²) < 4.78 is 43.7. The van der Waals surface area contributed by atoms with Gasteiger partial charge in [0.05, 0.1) is 12.7 Å². The molecule has 0 radical (unpaired) electrons. The van der Waals surface area contributed by atoms with Crippen molar-refractivity contribution in [1.82, 2.24) is 0 Å². The summed E-state index contributed by atoms with van der Waals surface area (Å²) in [4.78, 5) is 0. The number of nitrogens with two attached hydrogens (primary N) is 1. The van der Waals surface area contributed by atoms with Gasteiger partial charge in [-0.05, 0) is 47.0 Å². The Hall–Kier alpha value is -2.01. The molecule has 0 saturated heterocycles. The van der Waals surface area contributed by atoms with E-state index in [4.69, 9.17) is 10.5 Å². The first-order valence-electron chi connectivity index (χ1n) is 5.99. The molecule has 2 nitrogen and oxygen atoms in total. The predicted molar refractivity (Wildman–Crippen MR) is 71.3 cm³/mol. The molecule has 0 spiro atoms. The Balaban J connectivity index is 2.55. The number of halogens is 3. The molecular formula is C15H14F3NO. The second-order valence-electron chi connectivity index (χ2n) is 4.35. The molecule has 0 amide bonds. The van der Waals surface area contributed by atoms with Gasteiger partial charge in [0, 0.05) is 6.54 Å². The van der Waals surface area contributed by atoms with Gasteiger partial charge in [-0.25, -0.2) is 0 Å². The van der Waals surface area contributed by atoms with Crippen molar-refractivity contribution in [2.24, 2.45) is 5.73 Å². The smallest absolute Gasteiger partial charge is 0.416 e. The minimum absolute atomic E-state index is 0.0564. The molecule has 2 N–H and O–H groups in total. The Morgan fingerprint density at radius 1 is 1.05 bits per heavy atom. The van der Waals surface area contributed by atoms with Crippen LogP contribution < -0.4 is 10.5 Å². The highest BCUT2D eigenvalue weighted by molar-refractivity contribution is 5.67. The molecule has 0 heterocycles. The van der Waals surface area contributed by atoms with E-state index in [0.29, 0.717) is 22.4 Å². The van der Waals surface area contributed by atoms with Crippen LogP contribution in [0.1, 0.15) is 11.1 Å². The third kappa shape index (κ3) is 3.11. The topological polar surface area (TPSA) is 35.2 Å². The quantitative estimate of drug-likeness (QED) is 0.927. The molecule has 0 fully saturated rings. The van der Waals surface area contributed by atoms with Crippen LogP contribution in [-0.2, 0) is 12.7 Å². The second-order valence-corrected chi connectivity index (χ2v) is 4.35. The summed E-state index contributed by atoms with van der Waals surface area (Å²) in [6.07, 6.45) is -4.39. The lowest BCUT2D eigenvalue weighted by Crippen LogP contribution is -2.07. The Bertz CT molecular complexity index is 608. The summed E-state index contributed by atoms with van der Waals surface area (Å²) in [5.41, 5.74) is 6.35. The number of hydrogen-bond donors (Lipinski definition) is 1. The Morgan fingerprint density at radius 3 is 2.40 bits per heavy atom. The van der Waals surface area contributed by atoms with E-state index in [0.717, 1.165) is 12.1 Å². The van der Waals surface area contributed by atoms with Gasteiger partial charge in [0.15, 0.2) is 0 Å². The number of alkyl halides is 3. The lowest BCUT2D eigenvalue weighted by Gasteiger charge is -2.12. The van der Waals surface area contributed by atoms with E-state index in [1.807, 2.05) is 0 Å². The molecule has 2 rings (SSSR count). The fourth-order valence-corrected chi connectivity index (χ4v) is 1.94. The maximum Gasteiger partial charge on any atom is 0.416 e. The van der Waals surface area contributed by atoms with Crippen molar-refractivity contribution in [2.45, 2.75) is 12.7 Å². The van der Waals surface area contributed by atoms with E-state index < -0.39 is 11.7 Å². The van der Waals surface area contributed by atoms with Gasteiger partial charge >= 0.3 is 6.18 Å². The summed E-state index contributed by atoms with van der Waals surface area (Å²) in [6.45, 7) is 0.0564. The van der Waals surface area contributed by atoms with Crippen LogP contribution in [-0.4, -0.2) is 7.11 Å². The molecule has 2 aromatic carbocycles. The molecule has 0 aliphatic heterocycles. The largest absolute Gasteiger partial charge is 0.497 e. The minimum atomic E-state index is -4.39. The van der Waals surface area contributed by atoms with Crippen molar-refractivity contribution in [1.29, 1.82) is 0 Å². The molecule has 5 heteroatoms. The Morgan fingerprint density at radius 2 is 1.80 bits per heavy atom. The van der Waals surface area contributed by atoms with Crippen molar-refractivity contribution in [2.75, 3.05) is 7.11 Å². The predicted octanol–water partition coefficient (Wildman–Crippen LogP) is 3.84. The molecule has 0 aromatic heterocycles. The highest BCUT2D eigenvalue weighted by Gasteiger charge is 2.31. The van der Waals surface area contributed by atoms with Crippen LogP contribution >= 0.6 is 0 Å². The van der Waals surface area contributed by atoms with E-state index in [2.05, 4.69) is 0 Å². The molecule has 0 bridgehead atoms. The van der Waals surface area contributed by atoms with Gasteiger partial charge in [-0.2, -0.15) is 13.2 Å². The fraction of sp³-hybridized carbons (Fsp3) is 0.200. The van der Waals surface area contributed by atoms with E-state index in [1.165, 1.54) is 7.11 Å². The van der Waals surface area contributed by atoms with E-state index in [1.54, 1.807) is 30.3 Å². The summed E-state index contributed by atoms with van der Waals surface area (Å²) in [5.74, 6) is 0.592. The van der Waals surface area contributed by atoms with Gasteiger partial charge in [0.25, 0.3) is 0 Å². The Kier molecular flexibility index (Phi) is 3.99. The van der Waals surface area contributed by atoms with Gasteiger partial charge in [-0.3, -0.25) is 0 Å². The highest BCUT2D eigenvalue weighted by Crippen LogP contribution is 2.34. The maximum absolute atomic E-state index is 12.9. The van der Waals surface area contributed by atoms with Crippen LogP contribution in [0, 0.1) is 0 Å². The number of benzene rings is 2. The number of hydrogen-bond acceptors (Lipinski definition) is 2. The Labute approximate surface area is 115 Å². The lowest BCUT2D eigenvalue weighted by molar-refractivity contribution is -0.137. The van der Waals surface area contributed by atoms with Gasteiger partial charge in [0.2, 0.25) is 0 Å². The third-order valence-corrected chi connectivity index (χ3v) is 2.96. The zero-order valence-corrected chi connectivity index (χ0v) is 10.9. The number of rotatable bonds is 3. The first-order chi connectivity index (χ1) is 9.44. The van der Waals surface area contributed by atoms with Gasteiger partial charge in [-0.15, -0.1) is 0 Å². The van der Waals surface area contributed by atoms with Crippen molar-refractivity contribution in [3.63, 3.8) is 0 Å². The first-order valence-corrected chi connectivity index (χ1v) is 5.99. The monoisotopic (exact) mass is 281 g/mol. The van der Waals surface area contributed by atoms with Crippen LogP contribution in [0.5, 0.6) is 5.75 Å². The number of ether oxygens (including phenoxy) is 1. The zero-order valence-electron chi connectivity index (χ0n) is 10.9. The van der Waals surface area contributed by atoms with Crippen LogP contribution in [0.2, 0.25) is 0 Å². The molecule has 20 heavy (non-hydrogen) atoms. The molecule has 2 aromatic rings. The summed E-state index contributed by atoms with van der Waals surface area (Å²) in [5, 5.41) is 0. The fourth-order valence-electron chi connectivity index (χ4n) is 1.94. The van der Waals surface area contributed by atoms with Crippen LogP contribution in [0.4, 0.5) is 13.2 Å². The normalized spacial score (nSPS) is 11.4. The molecule has 0 aliphatic rings. The maximum atomic E-state index is 12.9. The van der Waals surface area contributed by atoms with E-state index in [-0.39, 0.29) is 6.54 Å². The summed E-state index contributed by atoms with van der Waals surface area (Å²) >= 11 is 0. The average Bonchev–Trinajstić information content (AvgIpc) is 2.46. The summed E-state index contributed by atoms with van der Waals surface area (Å²) in [7, 11) is 1.51. The third-order valence-electron chi connectivity index (χ3n) is 2.96. The van der Waals surface area contributed by atoms with E-state index in [9.17, 15) is 13.2 Å². The highest BCUT2D eigenvalue weighted by atomic mass is 19.4. The minimum Gasteiger partial charge on any atom is -0.497 e. The molecule has 0 unspecified atom stereocenters. The first kappa shape index (κ1) is 14.4. The molecule has 0 saturated carbocycles. The van der Waals surface area contributed by atoms with E-state index >= 15 is 0 Å². The molecule has 0 aliphatic carbocycles. The van der Waals surface area contributed by atoms with Crippen molar-refractivity contribution in [3.8, 4) is 16.9 Å². The molecular weight excluding hydrogens is 267 g/mol.